The lowest BCUT2D eigenvalue weighted by Gasteiger charge is -2.19. The number of carbonyl (C=O) groups excluding carboxylic acids is 1. The fraction of sp³-hybridized carbons (Fsp3) is 0.733. The quantitative estimate of drug-likeness (QED) is 0.456. The molecule has 2 N–H and O–H groups in total. The number of unbranched alkanes of at least 4 members (excludes halogenated alkanes) is 3. The van der Waals surface area contributed by atoms with Crippen LogP contribution in [-0.4, -0.2) is 29.8 Å². The van der Waals surface area contributed by atoms with E-state index in [2.05, 4.69) is 18.8 Å². The molecule has 0 aromatic rings. The number of rotatable bonds is 5. The lowest BCUT2D eigenvalue weighted by molar-refractivity contribution is -0.122. The van der Waals surface area contributed by atoms with Crippen LogP contribution in [0.15, 0.2) is 12.7 Å². The molecule has 20 heavy (non-hydrogen) atoms. The van der Waals surface area contributed by atoms with E-state index in [1.165, 1.54) is 25.7 Å². The molecule has 0 fully saturated rings. The van der Waals surface area contributed by atoms with E-state index in [1.54, 1.807) is 0 Å². The number of alkyl carbamates (subject to hydrolysis) is 1. The fourth-order valence-corrected chi connectivity index (χ4v) is 0.997. The molecule has 0 aliphatic carbocycles. The van der Waals surface area contributed by atoms with Crippen LogP contribution < -0.4 is 5.32 Å². The molecule has 0 saturated carbocycles. The van der Waals surface area contributed by atoms with Crippen molar-refractivity contribution in [1.29, 1.82) is 0 Å². The SMILES string of the molecule is C=CCCCCC.CCNC(=O)OC(C)(C)C.O=CO. The van der Waals surface area contributed by atoms with Crippen molar-refractivity contribution in [3.63, 3.8) is 0 Å². The Balaban J connectivity index is -0.000000251. The molecule has 0 aliphatic rings. The van der Waals surface area contributed by atoms with E-state index in [0.717, 1.165) is 0 Å². The standard InChI is InChI=1S/C7H15NO2.C7H14.CH2O2/c1-5-8-6(9)10-7(2,3)4;1-3-5-7-6-4-2;2-1-3/h5H2,1-4H3,(H,8,9);3H,1,4-7H2,2H3;1H,(H,2,3). The van der Waals surface area contributed by atoms with Gasteiger partial charge in [0.25, 0.3) is 6.47 Å². The number of carbonyl (C=O) groups is 2. The van der Waals surface area contributed by atoms with Gasteiger partial charge in [0.05, 0.1) is 0 Å². The van der Waals surface area contributed by atoms with Gasteiger partial charge in [0.2, 0.25) is 0 Å². The summed E-state index contributed by atoms with van der Waals surface area (Å²) >= 11 is 0. The molecule has 0 aromatic carbocycles. The molecule has 0 aliphatic heterocycles. The summed E-state index contributed by atoms with van der Waals surface area (Å²) in [5, 5.41) is 9.43. The van der Waals surface area contributed by atoms with Crippen LogP contribution in [0.25, 0.3) is 0 Å². The van der Waals surface area contributed by atoms with Gasteiger partial charge in [-0.15, -0.1) is 6.58 Å². The largest absolute Gasteiger partial charge is 0.483 e. The summed E-state index contributed by atoms with van der Waals surface area (Å²) < 4.78 is 4.93. The van der Waals surface area contributed by atoms with Gasteiger partial charge >= 0.3 is 6.09 Å². The minimum absolute atomic E-state index is 0.250. The lowest BCUT2D eigenvalue weighted by Crippen LogP contribution is -2.32. The van der Waals surface area contributed by atoms with Gasteiger partial charge in [0.1, 0.15) is 5.60 Å². The van der Waals surface area contributed by atoms with Gasteiger partial charge in [-0.05, 0) is 40.5 Å². The van der Waals surface area contributed by atoms with Gasteiger partial charge < -0.3 is 15.2 Å². The second kappa shape index (κ2) is 17.5. The smallest absolute Gasteiger partial charge is 0.407 e. The van der Waals surface area contributed by atoms with E-state index in [1.807, 2.05) is 33.8 Å². The van der Waals surface area contributed by atoms with Crippen molar-refractivity contribution in [2.75, 3.05) is 6.54 Å². The van der Waals surface area contributed by atoms with Crippen molar-refractivity contribution < 1.29 is 19.4 Å². The van der Waals surface area contributed by atoms with Crippen molar-refractivity contribution in [1.82, 2.24) is 5.32 Å². The number of carboxylic acid groups (broad SMARTS) is 1. The number of ether oxygens (including phenoxy) is 1. The van der Waals surface area contributed by atoms with Gasteiger partial charge in [0.15, 0.2) is 0 Å². The van der Waals surface area contributed by atoms with Crippen LogP contribution in [0.5, 0.6) is 0 Å². The highest BCUT2D eigenvalue weighted by Gasteiger charge is 2.14. The van der Waals surface area contributed by atoms with Crippen molar-refractivity contribution in [2.45, 2.75) is 65.9 Å². The minimum atomic E-state index is -0.390. The molecular weight excluding hydrogens is 258 g/mol. The maximum Gasteiger partial charge on any atom is 0.407 e. The third kappa shape index (κ3) is 36.0. The van der Waals surface area contributed by atoms with Crippen LogP contribution in [0.1, 0.15) is 60.3 Å². The highest BCUT2D eigenvalue weighted by Crippen LogP contribution is 2.05. The Labute approximate surface area is 123 Å². The van der Waals surface area contributed by atoms with Gasteiger partial charge in [-0.2, -0.15) is 0 Å². The second-order valence-corrected chi connectivity index (χ2v) is 4.92. The first-order valence-electron chi connectivity index (χ1n) is 6.94. The molecule has 0 bridgehead atoms. The maximum atomic E-state index is 10.7. The number of nitrogens with one attached hydrogen (secondary N) is 1. The van der Waals surface area contributed by atoms with Crippen LogP contribution in [0.4, 0.5) is 4.79 Å². The van der Waals surface area contributed by atoms with Gasteiger partial charge in [-0.25, -0.2) is 4.79 Å². The monoisotopic (exact) mass is 289 g/mol. The van der Waals surface area contributed by atoms with Crippen LogP contribution in [0.2, 0.25) is 0 Å². The summed E-state index contributed by atoms with van der Waals surface area (Å²) in [5.74, 6) is 0. The molecule has 0 saturated heterocycles. The van der Waals surface area contributed by atoms with E-state index in [-0.39, 0.29) is 18.2 Å². The van der Waals surface area contributed by atoms with E-state index in [4.69, 9.17) is 14.6 Å². The Bertz CT molecular complexity index is 235. The molecule has 0 atom stereocenters. The lowest BCUT2D eigenvalue weighted by atomic mass is 10.2. The van der Waals surface area contributed by atoms with Crippen molar-refractivity contribution in [2.24, 2.45) is 0 Å². The second-order valence-electron chi connectivity index (χ2n) is 4.92. The van der Waals surface area contributed by atoms with Crippen LogP contribution in [-0.2, 0) is 9.53 Å². The van der Waals surface area contributed by atoms with E-state index in [9.17, 15) is 4.79 Å². The number of hydrogen-bond donors (Lipinski definition) is 2. The molecular formula is C15H31NO4. The normalized spacial score (nSPS) is 9.05. The third-order valence-electron chi connectivity index (χ3n) is 1.73. The summed E-state index contributed by atoms with van der Waals surface area (Å²) in [4.78, 5) is 19.1. The highest BCUT2D eigenvalue weighted by atomic mass is 16.6. The topological polar surface area (TPSA) is 75.6 Å². The van der Waals surface area contributed by atoms with E-state index >= 15 is 0 Å². The summed E-state index contributed by atoms with van der Waals surface area (Å²) in [6.07, 6.45) is 6.80. The molecule has 1 amide bonds. The Morgan fingerprint density at radius 3 is 2.10 bits per heavy atom. The highest BCUT2D eigenvalue weighted by molar-refractivity contribution is 5.67. The molecule has 5 heteroatoms. The number of hydrogen-bond acceptors (Lipinski definition) is 3. The van der Waals surface area contributed by atoms with Crippen LogP contribution >= 0.6 is 0 Å². The van der Waals surface area contributed by atoms with Gasteiger partial charge in [-0.3, -0.25) is 4.79 Å². The van der Waals surface area contributed by atoms with E-state index < -0.39 is 0 Å². The molecule has 0 unspecified atom stereocenters. The summed E-state index contributed by atoms with van der Waals surface area (Å²) in [5.41, 5.74) is -0.390. The Morgan fingerprint density at radius 2 is 1.80 bits per heavy atom. The van der Waals surface area contributed by atoms with Crippen molar-refractivity contribution in [3.8, 4) is 0 Å². The van der Waals surface area contributed by atoms with Crippen molar-refractivity contribution in [3.05, 3.63) is 12.7 Å². The van der Waals surface area contributed by atoms with Gasteiger partial charge in [-0.1, -0.05) is 25.8 Å². The first-order valence-corrected chi connectivity index (χ1v) is 6.94. The number of allylic oxidation sites excluding steroid dienone is 1. The fourth-order valence-electron chi connectivity index (χ4n) is 0.997. The van der Waals surface area contributed by atoms with Gasteiger partial charge in [0, 0.05) is 6.54 Å². The zero-order chi connectivity index (χ0) is 16.4. The maximum absolute atomic E-state index is 10.7. The average Bonchev–Trinajstić information content (AvgIpc) is 2.29. The Kier molecular flexibility index (Phi) is 20.6. The van der Waals surface area contributed by atoms with Crippen LogP contribution in [0.3, 0.4) is 0 Å². The molecule has 0 heterocycles. The third-order valence-corrected chi connectivity index (χ3v) is 1.73. The first kappa shape index (κ1) is 23.6. The minimum Gasteiger partial charge on any atom is -0.483 e. The number of amides is 1. The Morgan fingerprint density at radius 1 is 1.30 bits per heavy atom. The summed E-state index contributed by atoms with van der Waals surface area (Å²) in [6, 6.07) is 0. The molecule has 0 radical (unpaired) electrons. The predicted molar refractivity (Wildman–Crippen MR) is 82.9 cm³/mol. The summed E-state index contributed by atoms with van der Waals surface area (Å²) in [7, 11) is 0. The molecule has 0 aromatic heterocycles. The molecule has 120 valence electrons. The zero-order valence-electron chi connectivity index (χ0n) is 13.6. The predicted octanol–water partition coefficient (Wildman–Crippen LogP) is 3.98. The van der Waals surface area contributed by atoms with Crippen LogP contribution in [0, 0.1) is 0 Å². The van der Waals surface area contributed by atoms with E-state index in [0.29, 0.717) is 6.54 Å². The summed E-state index contributed by atoms with van der Waals surface area (Å²) in [6.45, 7) is 13.6. The Hall–Kier alpha value is -1.52. The molecule has 0 spiro atoms. The zero-order valence-corrected chi connectivity index (χ0v) is 13.6. The molecule has 0 rings (SSSR count). The molecule has 5 nitrogen and oxygen atoms in total. The first-order chi connectivity index (χ1) is 9.28. The van der Waals surface area contributed by atoms with Crippen molar-refractivity contribution >= 4 is 12.6 Å². The average molecular weight is 289 g/mol.